The fourth-order valence-corrected chi connectivity index (χ4v) is 4.21. The molecule has 0 radical (unpaired) electrons. The Morgan fingerprint density at radius 2 is 1.48 bits per heavy atom. The zero-order valence-electron chi connectivity index (χ0n) is 17.6. The van der Waals surface area contributed by atoms with Gasteiger partial charge in [0.1, 0.15) is 0 Å². The van der Waals surface area contributed by atoms with E-state index in [-0.39, 0.29) is 10.8 Å². The second-order valence-electron chi connectivity index (χ2n) is 9.93. The minimum atomic E-state index is 0.154. The van der Waals surface area contributed by atoms with E-state index in [9.17, 15) is 0 Å². The first-order chi connectivity index (χ1) is 12.7. The van der Waals surface area contributed by atoms with Crippen LogP contribution in [0.25, 0.3) is 22.7 Å². The molecule has 0 unspecified atom stereocenters. The summed E-state index contributed by atoms with van der Waals surface area (Å²) in [6.45, 7) is 13.9. The summed E-state index contributed by atoms with van der Waals surface area (Å²) in [5.74, 6) is 0. The van der Waals surface area contributed by atoms with E-state index in [1.807, 2.05) is 0 Å². The minimum absolute atomic E-state index is 0.154. The van der Waals surface area contributed by atoms with E-state index in [1.165, 1.54) is 33.4 Å². The largest absolute Gasteiger partial charge is 0.313 e. The summed E-state index contributed by atoms with van der Waals surface area (Å²) in [5, 5.41) is 1.39. The lowest BCUT2D eigenvalue weighted by Crippen LogP contribution is -2.14. The van der Waals surface area contributed by atoms with Crippen molar-refractivity contribution in [3.63, 3.8) is 0 Å². The number of aromatic nitrogens is 1. The molecule has 27 heavy (non-hydrogen) atoms. The zero-order chi connectivity index (χ0) is 19.4. The van der Waals surface area contributed by atoms with Gasteiger partial charge >= 0.3 is 0 Å². The first-order valence-electron chi connectivity index (χ1n) is 10.1. The molecule has 1 heteroatoms. The van der Waals surface area contributed by atoms with Crippen LogP contribution in [-0.4, -0.2) is 4.57 Å². The fourth-order valence-electron chi connectivity index (χ4n) is 4.21. The molecular formula is C26H31N. The number of rotatable bonds is 1. The van der Waals surface area contributed by atoms with Gasteiger partial charge in [-0.2, -0.15) is 0 Å². The van der Waals surface area contributed by atoms with E-state index in [1.54, 1.807) is 5.57 Å². The molecule has 0 fully saturated rings. The van der Waals surface area contributed by atoms with Crippen LogP contribution in [-0.2, 0) is 11.8 Å². The summed E-state index contributed by atoms with van der Waals surface area (Å²) < 4.78 is 2.48. The van der Waals surface area contributed by atoms with Crippen molar-refractivity contribution in [2.75, 3.05) is 0 Å². The predicted octanol–water partition coefficient (Wildman–Crippen LogP) is 7.30. The van der Waals surface area contributed by atoms with Gasteiger partial charge in [-0.25, -0.2) is 0 Å². The maximum atomic E-state index is 2.48. The van der Waals surface area contributed by atoms with E-state index in [0.717, 1.165) is 12.8 Å². The molecular weight excluding hydrogens is 326 g/mol. The highest BCUT2D eigenvalue weighted by atomic mass is 15.0. The fraction of sp³-hybridized carbons (Fsp3) is 0.385. The number of hydrogen-bond donors (Lipinski definition) is 0. The molecule has 0 saturated carbocycles. The molecule has 0 aliphatic heterocycles. The van der Waals surface area contributed by atoms with Crippen molar-refractivity contribution in [2.45, 2.75) is 59.8 Å². The smallest absolute Gasteiger partial charge is 0.0537 e. The van der Waals surface area contributed by atoms with Crippen LogP contribution in [0.4, 0.5) is 0 Å². The second-order valence-corrected chi connectivity index (χ2v) is 9.93. The van der Waals surface area contributed by atoms with Gasteiger partial charge in [0.2, 0.25) is 0 Å². The van der Waals surface area contributed by atoms with Crippen molar-refractivity contribution in [3.8, 4) is 5.69 Å². The maximum Gasteiger partial charge on any atom is 0.0537 e. The van der Waals surface area contributed by atoms with E-state index < -0.39 is 0 Å². The predicted molar refractivity (Wildman–Crippen MR) is 118 cm³/mol. The molecule has 2 aromatic carbocycles. The van der Waals surface area contributed by atoms with Crippen LogP contribution in [0.5, 0.6) is 0 Å². The van der Waals surface area contributed by atoms with Gasteiger partial charge in [-0.05, 0) is 53.5 Å². The molecule has 1 heterocycles. The molecule has 0 bridgehead atoms. The molecule has 0 N–H and O–H groups in total. The highest BCUT2D eigenvalue weighted by Gasteiger charge is 2.26. The van der Waals surface area contributed by atoms with Crippen LogP contribution in [0.3, 0.4) is 0 Å². The molecule has 1 aromatic heterocycles. The Labute approximate surface area is 163 Å². The van der Waals surface area contributed by atoms with Gasteiger partial charge in [0.05, 0.1) is 5.52 Å². The Hall–Kier alpha value is -2.28. The van der Waals surface area contributed by atoms with Crippen LogP contribution >= 0.6 is 0 Å². The third-order valence-corrected chi connectivity index (χ3v) is 5.90. The molecule has 1 aliphatic rings. The van der Waals surface area contributed by atoms with Crippen molar-refractivity contribution in [1.29, 1.82) is 0 Å². The average Bonchev–Trinajstić information content (AvgIpc) is 2.94. The molecule has 4 rings (SSSR count). The van der Waals surface area contributed by atoms with Gasteiger partial charge in [-0.1, -0.05) is 77.5 Å². The Morgan fingerprint density at radius 1 is 0.778 bits per heavy atom. The standard InChI is InChI=1S/C26H31N/c1-25(2,3)18-12-14-23-21(16-18)22-17-19(26(4,5)6)13-15-24(22)27(23)20-10-8-7-9-11-20/h7-12,14,16-17H,13,15H2,1-6H3. The Morgan fingerprint density at radius 3 is 2.11 bits per heavy atom. The third-order valence-electron chi connectivity index (χ3n) is 5.90. The first-order valence-corrected chi connectivity index (χ1v) is 10.1. The number of nitrogens with zero attached hydrogens (tertiary/aromatic N) is 1. The summed E-state index contributed by atoms with van der Waals surface area (Å²) in [6.07, 6.45) is 4.73. The van der Waals surface area contributed by atoms with E-state index in [2.05, 4.69) is 101 Å². The molecule has 0 amide bonds. The van der Waals surface area contributed by atoms with Crippen molar-refractivity contribution in [1.82, 2.24) is 4.57 Å². The van der Waals surface area contributed by atoms with E-state index in [4.69, 9.17) is 0 Å². The SMILES string of the molecule is CC(C)(C)C1=Cc2c(n(-c3ccccc3)c3ccc(C(C)(C)C)cc23)CC1. The van der Waals surface area contributed by atoms with Gasteiger partial charge in [0.25, 0.3) is 0 Å². The lowest BCUT2D eigenvalue weighted by atomic mass is 9.79. The molecule has 1 aliphatic carbocycles. The quantitative estimate of drug-likeness (QED) is 0.430. The number of para-hydroxylation sites is 1. The first kappa shape index (κ1) is 18.1. The lowest BCUT2D eigenvalue weighted by molar-refractivity contribution is 0.483. The average molecular weight is 358 g/mol. The maximum absolute atomic E-state index is 2.48. The van der Waals surface area contributed by atoms with E-state index in [0.29, 0.717) is 0 Å². The van der Waals surface area contributed by atoms with Crippen LogP contribution in [0.1, 0.15) is 64.8 Å². The Bertz CT molecular complexity index is 1020. The van der Waals surface area contributed by atoms with Gasteiger partial charge < -0.3 is 4.57 Å². The number of allylic oxidation sites excluding steroid dienone is 1. The Balaban J connectivity index is 2.05. The molecule has 3 aromatic rings. The van der Waals surface area contributed by atoms with Gasteiger partial charge in [0, 0.05) is 22.3 Å². The lowest BCUT2D eigenvalue weighted by Gasteiger charge is -2.27. The van der Waals surface area contributed by atoms with Gasteiger partial charge in [-0.3, -0.25) is 0 Å². The minimum Gasteiger partial charge on any atom is -0.313 e. The van der Waals surface area contributed by atoms with Gasteiger partial charge in [0.15, 0.2) is 0 Å². The normalized spacial score (nSPS) is 15.0. The zero-order valence-corrected chi connectivity index (χ0v) is 17.6. The second kappa shape index (κ2) is 6.12. The van der Waals surface area contributed by atoms with E-state index >= 15 is 0 Å². The third kappa shape index (κ3) is 3.14. The van der Waals surface area contributed by atoms with Crippen molar-refractivity contribution >= 4 is 17.0 Å². The summed E-state index contributed by atoms with van der Waals surface area (Å²) in [5.41, 5.74) is 8.81. The summed E-state index contributed by atoms with van der Waals surface area (Å²) >= 11 is 0. The monoisotopic (exact) mass is 357 g/mol. The summed E-state index contributed by atoms with van der Waals surface area (Å²) in [7, 11) is 0. The van der Waals surface area contributed by atoms with Crippen molar-refractivity contribution < 1.29 is 0 Å². The van der Waals surface area contributed by atoms with Crippen LogP contribution in [0, 0.1) is 5.41 Å². The summed E-state index contributed by atoms with van der Waals surface area (Å²) in [4.78, 5) is 0. The molecule has 0 spiro atoms. The van der Waals surface area contributed by atoms with Crippen molar-refractivity contribution in [2.24, 2.45) is 5.41 Å². The summed E-state index contributed by atoms with van der Waals surface area (Å²) in [6, 6.07) is 17.9. The van der Waals surface area contributed by atoms with Gasteiger partial charge in [-0.15, -0.1) is 0 Å². The van der Waals surface area contributed by atoms with Crippen LogP contribution < -0.4 is 0 Å². The molecule has 1 nitrogen and oxygen atoms in total. The molecule has 0 saturated heterocycles. The number of fused-ring (bicyclic) bond motifs is 3. The molecule has 140 valence electrons. The highest BCUT2D eigenvalue weighted by molar-refractivity contribution is 5.94. The van der Waals surface area contributed by atoms with Crippen molar-refractivity contribution in [3.05, 3.63) is 70.9 Å². The Kier molecular flexibility index (Phi) is 4.10. The number of benzene rings is 2. The highest BCUT2D eigenvalue weighted by Crippen LogP contribution is 2.41. The topological polar surface area (TPSA) is 4.93 Å². The molecule has 0 atom stereocenters. The van der Waals surface area contributed by atoms with Crippen LogP contribution in [0.15, 0.2) is 54.1 Å². The van der Waals surface area contributed by atoms with Crippen LogP contribution in [0.2, 0.25) is 0 Å². The number of hydrogen-bond acceptors (Lipinski definition) is 0.